The first-order valence-corrected chi connectivity index (χ1v) is 1.85. The van der Waals surface area contributed by atoms with Gasteiger partial charge >= 0.3 is 0 Å². The van der Waals surface area contributed by atoms with Gasteiger partial charge in [0, 0.05) is 1.37 Å². The first-order chi connectivity index (χ1) is 2.56. The third-order valence-corrected chi connectivity index (χ3v) is 0.558. The van der Waals surface area contributed by atoms with Crippen LogP contribution in [0.5, 0.6) is 0 Å². The second kappa shape index (κ2) is 2.31. The number of hydrogen-bond acceptors (Lipinski definition) is 0. The minimum Gasteiger partial charge on any atom is -0.0804 e. The lowest BCUT2D eigenvalue weighted by Gasteiger charge is -1.90. The maximum atomic E-state index is 6.96. The van der Waals surface area contributed by atoms with Crippen LogP contribution in [0.25, 0.3) is 0 Å². The second-order valence-corrected chi connectivity index (χ2v) is 1.20. The van der Waals surface area contributed by atoms with Gasteiger partial charge in [0.05, 0.1) is 7.85 Å². The molecule has 0 saturated heterocycles. The van der Waals surface area contributed by atoms with E-state index in [1.165, 1.54) is 0 Å². The highest BCUT2D eigenvalue weighted by atomic mass is 13.8. The molecule has 1 atom stereocenters. The third kappa shape index (κ3) is 4.06. The molecule has 0 aromatic heterocycles. The fourth-order valence-electron chi connectivity index (χ4n) is 0. The SMILES string of the molecule is [3H]C([B])(C)CC. The van der Waals surface area contributed by atoms with E-state index in [9.17, 15) is 0 Å². The van der Waals surface area contributed by atoms with Gasteiger partial charge in [0.1, 0.15) is 0 Å². The van der Waals surface area contributed by atoms with Crippen molar-refractivity contribution in [1.82, 2.24) is 0 Å². The third-order valence-electron chi connectivity index (χ3n) is 0.558. The average molecular weight is 69.9 g/mol. The van der Waals surface area contributed by atoms with Gasteiger partial charge < -0.3 is 0 Å². The Balaban J connectivity index is 3.17. The molecule has 0 heterocycles. The monoisotopic (exact) mass is 70.1 g/mol. The van der Waals surface area contributed by atoms with Crippen molar-refractivity contribution in [2.75, 3.05) is 0 Å². The molecule has 0 aromatic carbocycles. The predicted molar refractivity (Wildman–Crippen MR) is 25.5 cm³/mol. The summed E-state index contributed by atoms with van der Waals surface area (Å²) in [4.78, 5) is 0. The highest BCUT2D eigenvalue weighted by Gasteiger charge is 1.80. The van der Waals surface area contributed by atoms with Gasteiger partial charge in [0.15, 0.2) is 0 Å². The van der Waals surface area contributed by atoms with Crippen LogP contribution < -0.4 is 0 Å². The molecule has 1 unspecified atom stereocenters. The first kappa shape index (κ1) is 3.26. The van der Waals surface area contributed by atoms with Crippen LogP contribution in [0.3, 0.4) is 0 Å². The summed E-state index contributed by atoms with van der Waals surface area (Å²) in [6.07, 6.45) is 0.715. The molecule has 0 aliphatic rings. The Labute approximate surface area is 36.4 Å². The summed E-state index contributed by atoms with van der Waals surface area (Å²) >= 11 is 0. The van der Waals surface area contributed by atoms with E-state index in [4.69, 9.17) is 9.22 Å². The Hall–Kier alpha value is 0.0649. The van der Waals surface area contributed by atoms with Crippen LogP contribution in [-0.4, -0.2) is 7.85 Å². The van der Waals surface area contributed by atoms with Gasteiger partial charge in [-0.15, -0.1) is 0 Å². The minimum absolute atomic E-state index is 0.708. The lowest BCUT2D eigenvalue weighted by Crippen LogP contribution is -1.76. The lowest BCUT2D eigenvalue weighted by atomic mass is 9.88. The Morgan fingerprint density at radius 2 is 2.40 bits per heavy atom. The Morgan fingerprint density at radius 3 is 2.40 bits per heavy atom. The normalized spacial score (nSPS) is 24.0. The van der Waals surface area contributed by atoms with Crippen LogP contribution in [0.1, 0.15) is 21.6 Å². The van der Waals surface area contributed by atoms with E-state index in [1.807, 2.05) is 6.92 Å². The lowest BCUT2D eigenvalue weighted by molar-refractivity contribution is 0.880. The van der Waals surface area contributed by atoms with E-state index in [-0.39, 0.29) is 0 Å². The summed E-state index contributed by atoms with van der Waals surface area (Å²) < 4.78 is 6.96. The summed E-state index contributed by atoms with van der Waals surface area (Å²) in [5.41, 5.74) is 0. The Morgan fingerprint density at radius 1 is 2.20 bits per heavy atom. The van der Waals surface area contributed by atoms with Gasteiger partial charge in [-0.2, -0.15) is 0 Å². The van der Waals surface area contributed by atoms with Crippen molar-refractivity contribution < 1.29 is 1.37 Å². The van der Waals surface area contributed by atoms with Crippen molar-refractivity contribution in [3.8, 4) is 0 Å². The molecule has 0 bridgehead atoms. The zero-order chi connectivity index (χ0) is 5.21. The highest BCUT2D eigenvalue weighted by molar-refractivity contribution is 6.11. The van der Waals surface area contributed by atoms with E-state index in [1.54, 1.807) is 6.92 Å². The van der Waals surface area contributed by atoms with Crippen molar-refractivity contribution in [3.05, 3.63) is 0 Å². The van der Waals surface area contributed by atoms with Crippen molar-refractivity contribution in [3.63, 3.8) is 0 Å². The van der Waals surface area contributed by atoms with Crippen LogP contribution in [0.4, 0.5) is 0 Å². The standard InChI is InChI=1S/C4H9B/c1-3-4(2)5/h4H,3H2,1-2H3/i4T. The van der Waals surface area contributed by atoms with Crippen LogP contribution in [0.15, 0.2) is 0 Å². The van der Waals surface area contributed by atoms with Crippen LogP contribution in [0, 0.1) is 0 Å². The molecule has 0 N–H and O–H groups in total. The predicted octanol–water partition coefficient (Wildman–Crippen LogP) is 1.37. The summed E-state index contributed by atoms with van der Waals surface area (Å²) in [5, 5.41) is 0. The zero-order valence-corrected chi connectivity index (χ0v) is 3.78. The molecule has 0 saturated carbocycles. The largest absolute Gasteiger partial charge is 0.0804 e. The van der Waals surface area contributed by atoms with Crippen LogP contribution >= 0.6 is 0 Å². The molecular weight excluding hydrogens is 58.9 g/mol. The van der Waals surface area contributed by atoms with Crippen LogP contribution in [0.2, 0.25) is 5.79 Å². The van der Waals surface area contributed by atoms with Gasteiger partial charge in [-0.25, -0.2) is 0 Å². The smallest absolute Gasteiger partial charge is 0.0695 e. The maximum absolute atomic E-state index is 6.96. The second-order valence-electron chi connectivity index (χ2n) is 1.20. The summed E-state index contributed by atoms with van der Waals surface area (Å²) in [6, 6.07) is 0. The molecule has 5 heavy (non-hydrogen) atoms. The van der Waals surface area contributed by atoms with Gasteiger partial charge in [-0.1, -0.05) is 26.1 Å². The molecule has 0 rings (SSSR count). The fourth-order valence-corrected chi connectivity index (χ4v) is 0. The zero-order valence-electron chi connectivity index (χ0n) is 4.78. The molecule has 0 amide bonds. The van der Waals surface area contributed by atoms with E-state index < -0.39 is 5.79 Å². The fraction of sp³-hybridized carbons (Fsp3) is 1.00. The molecule has 0 aliphatic carbocycles. The molecule has 0 spiro atoms. The Kier molecular flexibility index (Phi) is 1.51. The quantitative estimate of drug-likeness (QED) is 0.409. The maximum Gasteiger partial charge on any atom is 0.0695 e. The summed E-state index contributed by atoms with van der Waals surface area (Å²) in [6.45, 7) is 3.58. The van der Waals surface area contributed by atoms with E-state index >= 15 is 0 Å². The average Bonchev–Trinajstić information content (AvgIpc) is 1.35. The summed E-state index contributed by atoms with van der Waals surface area (Å²) in [7, 11) is 5.20. The Bertz CT molecular complexity index is 37.3. The molecule has 28 valence electrons. The van der Waals surface area contributed by atoms with E-state index in [0.717, 1.165) is 0 Å². The van der Waals surface area contributed by atoms with Crippen LogP contribution in [-0.2, 0) is 0 Å². The van der Waals surface area contributed by atoms with Crippen molar-refractivity contribution in [1.29, 1.82) is 0 Å². The van der Waals surface area contributed by atoms with Gasteiger partial charge in [-0.05, 0) is 0 Å². The molecular formula is C4H9B. The molecule has 0 aromatic rings. The molecule has 0 fully saturated rings. The first-order valence-electron chi connectivity index (χ1n) is 2.35. The summed E-state index contributed by atoms with van der Waals surface area (Å²) in [5.74, 6) is -0.708. The highest BCUT2D eigenvalue weighted by Crippen LogP contribution is 1.97. The van der Waals surface area contributed by atoms with Crippen molar-refractivity contribution >= 4 is 7.85 Å². The molecule has 1 heteroatoms. The number of hydrogen-bond donors (Lipinski definition) is 0. The van der Waals surface area contributed by atoms with E-state index in [0.29, 0.717) is 6.42 Å². The minimum atomic E-state index is -0.708. The molecule has 2 radical (unpaired) electrons. The van der Waals surface area contributed by atoms with Gasteiger partial charge in [0.2, 0.25) is 0 Å². The van der Waals surface area contributed by atoms with Gasteiger partial charge in [0.25, 0.3) is 0 Å². The molecule has 0 nitrogen and oxygen atoms in total. The van der Waals surface area contributed by atoms with Gasteiger partial charge in [-0.3, -0.25) is 0 Å². The van der Waals surface area contributed by atoms with E-state index in [2.05, 4.69) is 0 Å². The number of rotatable bonds is 1. The van der Waals surface area contributed by atoms with Crippen molar-refractivity contribution in [2.45, 2.75) is 26.1 Å². The van der Waals surface area contributed by atoms with Crippen molar-refractivity contribution in [2.24, 2.45) is 0 Å². The molecule has 0 aliphatic heterocycles. The topological polar surface area (TPSA) is 0 Å².